The van der Waals surface area contributed by atoms with E-state index in [4.69, 9.17) is 0 Å². The van der Waals surface area contributed by atoms with Gasteiger partial charge in [0.15, 0.2) is 0 Å². The lowest BCUT2D eigenvalue weighted by Crippen LogP contribution is -2.25. The third-order valence-corrected chi connectivity index (χ3v) is 2.59. The highest BCUT2D eigenvalue weighted by atomic mass is 16.6. The van der Waals surface area contributed by atoms with Gasteiger partial charge in [0.1, 0.15) is 0 Å². The highest BCUT2D eigenvalue weighted by Gasteiger charge is 2.04. The van der Waals surface area contributed by atoms with Gasteiger partial charge >= 0.3 is 0 Å². The van der Waals surface area contributed by atoms with Crippen molar-refractivity contribution in [3.05, 3.63) is 46.0 Å². The van der Waals surface area contributed by atoms with E-state index in [0.29, 0.717) is 12.1 Å². The fourth-order valence-electron chi connectivity index (χ4n) is 1.58. The van der Waals surface area contributed by atoms with Gasteiger partial charge in [0, 0.05) is 24.8 Å². The van der Waals surface area contributed by atoms with Crippen LogP contribution in [-0.4, -0.2) is 42.9 Å². The van der Waals surface area contributed by atoms with Crippen molar-refractivity contribution < 1.29 is 9.72 Å². The molecule has 6 nitrogen and oxygen atoms in total. The molecule has 0 saturated heterocycles. The van der Waals surface area contributed by atoms with Crippen LogP contribution >= 0.6 is 0 Å². The Morgan fingerprint density at radius 2 is 2.20 bits per heavy atom. The summed E-state index contributed by atoms with van der Waals surface area (Å²) in [4.78, 5) is 23.7. The minimum atomic E-state index is -0.460. The van der Waals surface area contributed by atoms with E-state index in [1.165, 1.54) is 18.2 Å². The summed E-state index contributed by atoms with van der Waals surface area (Å²) >= 11 is 0. The molecule has 0 aliphatic carbocycles. The summed E-state index contributed by atoms with van der Waals surface area (Å²) in [5.74, 6) is -0.199. The first-order valence-electron chi connectivity index (χ1n) is 6.34. The average molecular weight is 277 g/mol. The number of nitro groups is 1. The number of nitrogens with one attached hydrogen (secondary N) is 1. The Labute approximate surface area is 118 Å². The molecule has 20 heavy (non-hydrogen) atoms. The number of hydrogen-bond acceptors (Lipinski definition) is 4. The molecule has 108 valence electrons. The summed E-state index contributed by atoms with van der Waals surface area (Å²) < 4.78 is 0. The van der Waals surface area contributed by atoms with Crippen LogP contribution in [0.3, 0.4) is 0 Å². The standard InChI is InChI=1S/C14H19N3O3/c1-16(2)10-4-9-15-14(18)8-7-12-5-3-6-13(11-12)17(19)20/h3,5-8,11H,4,9-10H2,1-2H3,(H,15,18). The van der Waals surface area contributed by atoms with Gasteiger partial charge in [-0.2, -0.15) is 0 Å². The van der Waals surface area contributed by atoms with E-state index in [2.05, 4.69) is 5.32 Å². The van der Waals surface area contributed by atoms with E-state index in [0.717, 1.165) is 13.0 Å². The number of non-ortho nitro benzene ring substituents is 1. The lowest BCUT2D eigenvalue weighted by Gasteiger charge is -2.08. The van der Waals surface area contributed by atoms with Gasteiger partial charge in [-0.15, -0.1) is 0 Å². The normalized spacial score (nSPS) is 10.9. The molecule has 0 aliphatic heterocycles. The van der Waals surface area contributed by atoms with Crippen molar-refractivity contribution in [3.63, 3.8) is 0 Å². The monoisotopic (exact) mass is 277 g/mol. The second kappa shape index (κ2) is 8.06. The maximum Gasteiger partial charge on any atom is 0.270 e. The van der Waals surface area contributed by atoms with Crippen molar-refractivity contribution >= 4 is 17.7 Å². The predicted octanol–water partition coefficient (Wildman–Crippen LogP) is 1.68. The lowest BCUT2D eigenvalue weighted by molar-refractivity contribution is -0.384. The van der Waals surface area contributed by atoms with Gasteiger partial charge in [-0.3, -0.25) is 14.9 Å². The molecule has 0 unspecified atom stereocenters. The lowest BCUT2D eigenvalue weighted by atomic mass is 10.2. The number of hydrogen-bond donors (Lipinski definition) is 1. The summed E-state index contributed by atoms with van der Waals surface area (Å²) in [7, 11) is 3.95. The summed E-state index contributed by atoms with van der Waals surface area (Å²) in [6, 6.07) is 6.14. The maximum atomic E-state index is 11.5. The first-order chi connectivity index (χ1) is 9.49. The van der Waals surface area contributed by atoms with Gasteiger partial charge in [-0.05, 0) is 38.7 Å². The zero-order valence-electron chi connectivity index (χ0n) is 11.7. The molecule has 1 aromatic rings. The van der Waals surface area contributed by atoms with Crippen LogP contribution in [0.25, 0.3) is 6.08 Å². The zero-order chi connectivity index (χ0) is 15.0. The Kier molecular flexibility index (Phi) is 6.39. The first kappa shape index (κ1) is 15.8. The molecule has 0 radical (unpaired) electrons. The van der Waals surface area contributed by atoms with Gasteiger partial charge in [0.2, 0.25) is 5.91 Å². The topological polar surface area (TPSA) is 75.5 Å². The van der Waals surface area contributed by atoms with Gasteiger partial charge in [-0.25, -0.2) is 0 Å². The van der Waals surface area contributed by atoms with Crippen LogP contribution < -0.4 is 5.32 Å². The van der Waals surface area contributed by atoms with E-state index in [1.807, 2.05) is 19.0 Å². The quantitative estimate of drug-likeness (QED) is 0.356. The smallest absolute Gasteiger partial charge is 0.270 e. The van der Waals surface area contributed by atoms with Gasteiger partial charge in [0.05, 0.1) is 4.92 Å². The van der Waals surface area contributed by atoms with E-state index in [-0.39, 0.29) is 11.6 Å². The Morgan fingerprint density at radius 1 is 1.45 bits per heavy atom. The molecule has 0 saturated carbocycles. The van der Waals surface area contributed by atoms with E-state index in [9.17, 15) is 14.9 Å². The minimum Gasteiger partial charge on any atom is -0.353 e. The molecule has 1 rings (SSSR count). The van der Waals surface area contributed by atoms with Crippen molar-refractivity contribution in [2.75, 3.05) is 27.2 Å². The number of rotatable bonds is 7. The number of nitro benzene ring substituents is 1. The average Bonchev–Trinajstić information content (AvgIpc) is 2.41. The van der Waals surface area contributed by atoms with Gasteiger partial charge in [-0.1, -0.05) is 12.1 Å². The third-order valence-electron chi connectivity index (χ3n) is 2.59. The van der Waals surface area contributed by atoms with E-state index < -0.39 is 4.92 Å². The van der Waals surface area contributed by atoms with Crippen LogP contribution in [0, 0.1) is 10.1 Å². The predicted molar refractivity (Wildman–Crippen MR) is 78.3 cm³/mol. The molecular formula is C14H19N3O3. The number of benzene rings is 1. The molecule has 1 aromatic carbocycles. The number of amides is 1. The van der Waals surface area contributed by atoms with Crippen molar-refractivity contribution in [2.45, 2.75) is 6.42 Å². The van der Waals surface area contributed by atoms with Crippen molar-refractivity contribution in [1.82, 2.24) is 10.2 Å². The number of carbonyl (C=O) groups excluding carboxylic acids is 1. The van der Waals surface area contributed by atoms with Crippen LogP contribution in [-0.2, 0) is 4.79 Å². The SMILES string of the molecule is CN(C)CCCNC(=O)C=Cc1cccc([N+](=O)[O-])c1. The summed E-state index contributed by atoms with van der Waals surface area (Å²) in [5, 5.41) is 13.4. The molecule has 0 aromatic heterocycles. The molecule has 1 N–H and O–H groups in total. The number of nitrogens with zero attached hydrogens (tertiary/aromatic N) is 2. The Balaban J connectivity index is 2.45. The maximum absolute atomic E-state index is 11.5. The summed E-state index contributed by atoms with van der Waals surface area (Å²) in [6.45, 7) is 1.52. The highest BCUT2D eigenvalue weighted by molar-refractivity contribution is 5.91. The Bertz CT molecular complexity index is 498. The molecule has 0 aliphatic rings. The highest BCUT2D eigenvalue weighted by Crippen LogP contribution is 2.13. The number of carbonyl (C=O) groups is 1. The van der Waals surface area contributed by atoms with Crippen LogP contribution in [0.4, 0.5) is 5.69 Å². The van der Waals surface area contributed by atoms with Crippen molar-refractivity contribution in [1.29, 1.82) is 0 Å². The molecule has 0 spiro atoms. The summed E-state index contributed by atoms with van der Waals surface area (Å²) in [6.07, 6.45) is 3.83. The molecule has 6 heteroatoms. The molecule has 0 bridgehead atoms. The molecule has 0 fully saturated rings. The molecular weight excluding hydrogens is 258 g/mol. The third kappa shape index (κ3) is 6.10. The molecule has 1 amide bonds. The van der Waals surface area contributed by atoms with Gasteiger partial charge < -0.3 is 10.2 Å². The van der Waals surface area contributed by atoms with Crippen molar-refractivity contribution in [2.24, 2.45) is 0 Å². The largest absolute Gasteiger partial charge is 0.353 e. The van der Waals surface area contributed by atoms with Crippen LogP contribution in [0.15, 0.2) is 30.3 Å². The summed E-state index contributed by atoms with van der Waals surface area (Å²) in [5.41, 5.74) is 0.640. The Morgan fingerprint density at radius 3 is 2.85 bits per heavy atom. The second-order valence-electron chi connectivity index (χ2n) is 4.63. The first-order valence-corrected chi connectivity index (χ1v) is 6.34. The van der Waals surface area contributed by atoms with Gasteiger partial charge in [0.25, 0.3) is 5.69 Å². The fraction of sp³-hybridized carbons (Fsp3) is 0.357. The minimum absolute atomic E-state index is 0.0125. The second-order valence-corrected chi connectivity index (χ2v) is 4.63. The van der Waals surface area contributed by atoms with E-state index in [1.54, 1.807) is 18.2 Å². The van der Waals surface area contributed by atoms with Crippen LogP contribution in [0.2, 0.25) is 0 Å². The van der Waals surface area contributed by atoms with Crippen molar-refractivity contribution in [3.8, 4) is 0 Å². The van der Waals surface area contributed by atoms with Crippen LogP contribution in [0.5, 0.6) is 0 Å². The van der Waals surface area contributed by atoms with E-state index >= 15 is 0 Å². The molecule has 0 heterocycles. The van der Waals surface area contributed by atoms with Crippen LogP contribution in [0.1, 0.15) is 12.0 Å². The Hall–Kier alpha value is -2.21. The molecule has 0 atom stereocenters. The zero-order valence-corrected chi connectivity index (χ0v) is 11.7. The fourth-order valence-corrected chi connectivity index (χ4v) is 1.58.